The number of esters is 1. The van der Waals surface area contributed by atoms with Gasteiger partial charge in [-0.05, 0) is 45.0 Å². The Labute approximate surface area is 124 Å². The lowest BCUT2D eigenvalue weighted by atomic mass is 9.94. The second-order valence-electron chi connectivity index (χ2n) is 5.79. The number of amides is 1. The number of carbonyl (C=O) groups excluding carboxylic acids is 2. The zero-order valence-corrected chi connectivity index (χ0v) is 12.6. The first kappa shape index (κ1) is 15.4. The number of ether oxygens (including phenoxy) is 2. The number of carbonyl (C=O) groups is 2. The van der Waals surface area contributed by atoms with Gasteiger partial charge in [-0.1, -0.05) is 0 Å². The first-order valence-corrected chi connectivity index (χ1v) is 7.15. The molecule has 0 aliphatic carbocycles. The van der Waals surface area contributed by atoms with Crippen molar-refractivity contribution >= 4 is 17.6 Å². The second-order valence-corrected chi connectivity index (χ2v) is 5.79. The maximum atomic E-state index is 12.0. The van der Waals surface area contributed by atoms with Crippen LogP contribution in [-0.2, 0) is 14.3 Å². The highest BCUT2D eigenvalue weighted by Gasteiger charge is 2.40. The van der Waals surface area contributed by atoms with Gasteiger partial charge in [0.15, 0.2) is 0 Å². The van der Waals surface area contributed by atoms with Crippen LogP contribution in [0.3, 0.4) is 0 Å². The van der Waals surface area contributed by atoms with Crippen LogP contribution >= 0.6 is 0 Å². The third-order valence-corrected chi connectivity index (χ3v) is 3.33. The lowest BCUT2D eigenvalue weighted by molar-refractivity contribution is -0.149. The zero-order valence-electron chi connectivity index (χ0n) is 12.6. The van der Waals surface area contributed by atoms with Crippen LogP contribution in [0.1, 0.15) is 33.6 Å². The Kier molecular flexibility index (Phi) is 4.50. The lowest BCUT2D eigenvalue weighted by Gasteiger charge is -2.14. The molecule has 1 fully saturated rings. The summed E-state index contributed by atoms with van der Waals surface area (Å²) in [6.45, 7) is 6.23. The smallest absolute Gasteiger partial charge is 0.310 e. The van der Waals surface area contributed by atoms with E-state index in [1.54, 1.807) is 24.3 Å². The van der Waals surface area contributed by atoms with Gasteiger partial charge in [-0.25, -0.2) is 0 Å². The van der Waals surface area contributed by atoms with E-state index in [1.165, 1.54) is 0 Å². The minimum absolute atomic E-state index is 0.148. The minimum Gasteiger partial charge on any atom is -0.494 e. The van der Waals surface area contributed by atoms with Crippen LogP contribution in [0.2, 0.25) is 0 Å². The van der Waals surface area contributed by atoms with Gasteiger partial charge in [-0.15, -0.1) is 0 Å². The number of anilines is 1. The van der Waals surface area contributed by atoms with Gasteiger partial charge in [-0.3, -0.25) is 9.59 Å². The Bertz CT molecular complexity index is 522. The third-order valence-electron chi connectivity index (χ3n) is 3.33. The summed E-state index contributed by atoms with van der Waals surface area (Å²) >= 11 is 0. The number of nitrogens with one attached hydrogen (secondary N) is 1. The van der Waals surface area contributed by atoms with E-state index >= 15 is 0 Å². The van der Waals surface area contributed by atoms with Gasteiger partial charge >= 0.3 is 5.97 Å². The van der Waals surface area contributed by atoms with Crippen molar-refractivity contribution in [2.24, 2.45) is 5.92 Å². The predicted octanol–water partition coefficient (Wildman–Crippen LogP) is 2.76. The van der Waals surface area contributed by atoms with Crippen LogP contribution in [0.15, 0.2) is 24.3 Å². The number of benzene rings is 1. The fraction of sp³-hybridized carbons (Fsp3) is 0.500. The quantitative estimate of drug-likeness (QED) is 0.847. The van der Waals surface area contributed by atoms with Gasteiger partial charge in [0.25, 0.3) is 0 Å². The molecular weight excluding hydrogens is 270 g/mol. The van der Waals surface area contributed by atoms with Gasteiger partial charge in [0, 0.05) is 18.5 Å². The second kappa shape index (κ2) is 6.16. The zero-order chi connectivity index (χ0) is 15.5. The van der Waals surface area contributed by atoms with Gasteiger partial charge in [0.05, 0.1) is 12.5 Å². The van der Waals surface area contributed by atoms with Crippen molar-refractivity contribution in [1.82, 2.24) is 0 Å². The highest BCUT2D eigenvalue weighted by Crippen LogP contribution is 2.32. The number of hydrogen-bond acceptors (Lipinski definition) is 4. The molecule has 1 saturated heterocycles. The van der Waals surface area contributed by atoms with Crippen molar-refractivity contribution in [3.8, 4) is 5.75 Å². The number of cyclic esters (lactones) is 1. The van der Waals surface area contributed by atoms with E-state index in [0.29, 0.717) is 18.7 Å². The molecule has 1 aliphatic heterocycles. The maximum absolute atomic E-state index is 12.0. The normalized spacial score (nSPS) is 20.0. The SMILES string of the molecule is CCOc1ccc(NC(=O)C[C@H]2CC(C)(C)OC2=O)cc1. The van der Waals surface area contributed by atoms with Crippen LogP contribution in [0.5, 0.6) is 5.75 Å². The van der Waals surface area contributed by atoms with Crippen molar-refractivity contribution in [2.45, 2.75) is 39.2 Å². The fourth-order valence-electron chi connectivity index (χ4n) is 2.47. The lowest BCUT2D eigenvalue weighted by Crippen LogP contribution is -2.19. The van der Waals surface area contributed by atoms with E-state index < -0.39 is 5.60 Å². The summed E-state index contributed by atoms with van der Waals surface area (Å²) in [6.07, 6.45) is 0.720. The molecule has 5 heteroatoms. The summed E-state index contributed by atoms with van der Waals surface area (Å²) in [6, 6.07) is 7.15. The fourth-order valence-corrected chi connectivity index (χ4v) is 2.47. The Morgan fingerprint density at radius 2 is 2.05 bits per heavy atom. The summed E-state index contributed by atoms with van der Waals surface area (Å²) in [7, 11) is 0. The summed E-state index contributed by atoms with van der Waals surface area (Å²) in [5.74, 6) is -0.0695. The molecule has 5 nitrogen and oxygen atoms in total. The Morgan fingerprint density at radius 3 is 2.57 bits per heavy atom. The molecule has 114 valence electrons. The average Bonchev–Trinajstić information content (AvgIpc) is 2.65. The largest absolute Gasteiger partial charge is 0.494 e. The molecule has 1 amide bonds. The summed E-state index contributed by atoms with van der Waals surface area (Å²) < 4.78 is 10.6. The molecule has 0 unspecified atom stereocenters. The van der Waals surface area contributed by atoms with Gasteiger partial charge in [0.2, 0.25) is 5.91 Å². The average molecular weight is 291 g/mol. The van der Waals surface area contributed by atoms with Crippen molar-refractivity contribution in [1.29, 1.82) is 0 Å². The van der Waals surface area contributed by atoms with Crippen LogP contribution in [0.4, 0.5) is 5.69 Å². The Morgan fingerprint density at radius 1 is 1.38 bits per heavy atom. The van der Waals surface area contributed by atoms with Crippen LogP contribution in [0, 0.1) is 5.92 Å². The highest BCUT2D eigenvalue weighted by molar-refractivity contribution is 5.93. The van der Waals surface area contributed by atoms with Crippen LogP contribution < -0.4 is 10.1 Å². The molecule has 21 heavy (non-hydrogen) atoms. The van der Waals surface area contributed by atoms with Crippen LogP contribution in [0.25, 0.3) is 0 Å². The monoisotopic (exact) mass is 291 g/mol. The molecule has 1 aliphatic rings. The van der Waals surface area contributed by atoms with Gasteiger partial charge in [-0.2, -0.15) is 0 Å². The first-order valence-electron chi connectivity index (χ1n) is 7.15. The molecular formula is C16H21NO4. The van der Waals surface area contributed by atoms with Gasteiger partial charge in [0.1, 0.15) is 11.4 Å². The number of rotatable bonds is 5. The molecule has 0 radical (unpaired) electrons. The summed E-state index contributed by atoms with van der Waals surface area (Å²) in [5, 5.41) is 2.78. The Hall–Kier alpha value is -2.04. The molecule has 0 saturated carbocycles. The molecule has 1 aromatic rings. The Balaban J connectivity index is 1.88. The molecule has 1 heterocycles. The molecule has 0 spiro atoms. The summed E-state index contributed by atoms with van der Waals surface area (Å²) in [4.78, 5) is 23.7. The van der Waals surface area contributed by atoms with Crippen LogP contribution in [-0.4, -0.2) is 24.1 Å². The first-order chi connectivity index (χ1) is 9.89. The predicted molar refractivity (Wildman–Crippen MR) is 79.1 cm³/mol. The molecule has 1 N–H and O–H groups in total. The van der Waals surface area contributed by atoms with E-state index in [-0.39, 0.29) is 24.2 Å². The highest BCUT2D eigenvalue weighted by atomic mass is 16.6. The molecule has 0 aromatic heterocycles. The van der Waals surface area contributed by atoms with E-state index in [9.17, 15) is 9.59 Å². The van der Waals surface area contributed by atoms with Crippen molar-refractivity contribution in [3.63, 3.8) is 0 Å². The van der Waals surface area contributed by atoms with E-state index in [1.807, 2.05) is 20.8 Å². The van der Waals surface area contributed by atoms with E-state index in [2.05, 4.69) is 5.32 Å². The van der Waals surface area contributed by atoms with Crippen molar-refractivity contribution in [2.75, 3.05) is 11.9 Å². The van der Waals surface area contributed by atoms with E-state index in [0.717, 1.165) is 5.75 Å². The maximum Gasteiger partial charge on any atom is 0.310 e. The van der Waals surface area contributed by atoms with Crippen molar-refractivity contribution < 1.29 is 19.1 Å². The molecule has 1 atom stereocenters. The third kappa shape index (κ3) is 4.21. The van der Waals surface area contributed by atoms with Gasteiger partial charge < -0.3 is 14.8 Å². The topological polar surface area (TPSA) is 64.6 Å². The van der Waals surface area contributed by atoms with E-state index in [4.69, 9.17) is 9.47 Å². The molecule has 0 bridgehead atoms. The number of hydrogen-bond donors (Lipinski definition) is 1. The summed E-state index contributed by atoms with van der Waals surface area (Å²) in [5.41, 5.74) is 0.218. The minimum atomic E-state index is -0.471. The standard InChI is InChI=1S/C16H21NO4/c1-4-20-13-7-5-12(6-8-13)17-14(18)9-11-10-16(2,3)21-15(11)19/h5-8,11H,4,9-10H2,1-3H3,(H,17,18)/t11-/m0/s1. The molecule has 1 aromatic carbocycles. The van der Waals surface area contributed by atoms with Crippen molar-refractivity contribution in [3.05, 3.63) is 24.3 Å². The molecule has 2 rings (SSSR count).